The average molecular weight is 272 g/mol. The van der Waals surface area contributed by atoms with Gasteiger partial charge in [0.1, 0.15) is 11.5 Å². The Labute approximate surface area is 119 Å². The van der Waals surface area contributed by atoms with Gasteiger partial charge in [-0.1, -0.05) is 30.3 Å². The largest absolute Gasteiger partial charge is 0.497 e. The molecule has 0 radical (unpaired) electrons. The first-order chi connectivity index (χ1) is 9.55. The number of ether oxygens (including phenoxy) is 2. The lowest BCUT2D eigenvalue weighted by atomic mass is 9.89. The highest BCUT2D eigenvalue weighted by molar-refractivity contribution is 5.41. The molecule has 0 aliphatic carbocycles. The first-order valence-corrected chi connectivity index (χ1v) is 6.55. The van der Waals surface area contributed by atoms with Crippen molar-refractivity contribution in [1.29, 1.82) is 0 Å². The van der Waals surface area contributed by atoms with Gasteiger partial charge in [0.15, 0.2) is 0 Å². The van der Waals surface area contributed by atoms with E-state index in [4.69, 9.17) is 9.47 Å². The van der Waals surface area contributed by atoms with Gasteiger partial charge < -0.3 is 14.6 Å². The molecule has 3 heteroatoms. The summed E-state index contributed by atoms with van der Waals surface area (Å²) in [4.78, 5) is 0. The van der Waals surface area contributed by atoms with Crippen LogP contribution in [-0.4, -0.2) is 19.3 Å². The Kier molecular flexibility index (Phi) is 4.30. The SMILES string of the molecule is COc1cc(OC)cc(C(C)(O)Cc2ccccc2)c1. The topological polar surface area (TPSA) is 38.7 Å². The zero-order valence-corrected chi connectivity index (χ0v) is 12.1. The quantitative estimate of drug-likeness (QED) is 0.908. The summed E-state index contributed by atoms with van der Waals surface area (Å²) in [6.07, 6.45) is 0.532. The van der Waals surface area contributed by atoms with Crippen molar-refractivity contribution in [3.05, 3.63) is 59.7 Å². The monoisotopic (exact) mass is 272 g/mol. The van der Waals surface area contributed by atoms with E-state index in [2.05, 4.69) is 0 Å². The van der Waals surface area contributed by atoms with Crippen molar-refractivity contribution in [3.8, 4) is 11.5 Å². The minimum Gasteiger partial charge on any atom is -0.497 e. The summed E-state index contributed by atoms with van der Waals surface area (Å²) >= 11 is 0. The molecule has 0 aliphatic heterocycles. The first-order valence-electron chi connectivity index (χ1n) is 6.55. The van der Waals surface area contributed by atoms with Crippen LogP contribution in [0.15, 0.2) is 48.5 Å². The van der Waals surface area contributed by atoms with E-state index in [1.807, 2.05) is 42.5 Å². The van der Waals surface area contributed by atoms with Crippen LogP contribution in [0.2, 0.25) is 0 Å². The van der Waals surface area contributed by atoms with Crippen LogP contribution in [0.25, 0.3) is 0 Å². The zero-order valence-electron chi connectivity index (χ0n) is 12.1. The van der Waals surface area contributed by atoms with Crippen LogP contribution in [0.1, 0.15) is 18.1 Å². The summed E-state index contributed by atoms with van der Waals surface area (Å²) in [5, 5.41) is 10.8. The third-order valence-corrected chi connectivity index (χ3v) is 3.36. The number of aliphatic hydroxyl groups is 1. The predicted molar refractivity (Wildman–Crippen MR) is 79.3 cm³/mol. The van der Waals surface area contributed by atoms with E-state index < -0.39 is 5.60 Å². The molecule has 0 aromatic heterocycles. The summed E-state index contributed by atoms with van der Waals surface area (Å²) in [6, 6.07) is 15.4. The minimum atomic E-state index is -0.983. The maximum atomic E-state index is 10.8. The van der Waals surface area contributed by atoms with Gasteiger partial charge in [-0.3, -0.25) is 0 Å². The van der Waals surface area contributed by atoms with E-state index in [9.17, 15) is 5.11 Å². The smallest absolute Gasteiger partial charge is 0.122 e. The van der Waals surface area contributed by atoms with Gasteiger partial charge >= 0.3 is 0 Å². The maximum absolute atomic E-state index is 10.8. The molecule has 3 nitrogen and oxygen atoms in total. The molecule has 2 rings (SSSR count). The fourth-order valence-corrected chi connectivity index (χ4v) is 2.21. The molecule has 0 saturated heterocycles. The highest BCUT2D eigenvalue weighted by atomic mass is 16.5. The molecule has 0 fully saturated rings. The molecule has 1 N–H and O–H groups in total. The third-order valence-electron chi connectivity index (χ3n) is 3.36. The Balaban J connectivity index is 2.33. The summed E-state index contributed by atoms with van der Waals surface area (Å²) in [5.41, 5.74) is 0.875. The second-order valence-electron chi connectivity index (χ2n) is 5.04. The van der Waals surface area contributed by atoms with Crippen molar-refractivity contribution < 1.29 is 14.6 Å². The van der Waals surface area contributed by atoms with Crippen LogP contribution in [0.5, 0.6) is 11.5 Å². The molecular formula is C17H20O3. The summed E-state index contributed by atoms with van der Waals surface area (Å²) in [5.74, 6) is 1.35. The fraction of sp³-hybridized carbons (Fsp3) is 0.294. The van der Waals surface area contributed by atoms with E-state index in [0.717, 1.165) is 11.1 Å². The number of methoxy groups -OCH3 is 2. The predicted octanol–water partition coefficient (Wildman–Crippen LogP) is 3.15. The van der Waals surface area contributed by atoms with Crippen molar-refractivity contribution in [2.45, 2.75) is 18.9 Å². The van der Waals surface area contributed by atoms with Crippen LogP contribution in [0.4, 0.5) is 0 Å². The van der Waals surface area contributed by atoms with Gasteiger partial charge in [0.05, 0.1) is 19.8 Å². The molecule has 1 atom stereocenters. The molecule has 0 spiro atoms. The van der Waals surface area contributed by atoms with Crippen molar-refractivity contribution in [3.63, 3.8) is 0 Å². The molecule has 0 aliphatic rings. The Bertz CT molecular complexity index is 539. The van der Waals surface area contributed by atoms with Gasteiger partial charge in [-0.25, -0.2) is 0 Å². The molecule has 106 valence electrons. The van der Waals surface area contributed by atoms with Crippen LogP contribution in [0.3, 0.4) is 0 Å². The number of rotatable bonds is 5. The zero-order chi connectivity index (χ0) is 14.6. The number of benzene rings is 2. The third kappa shape index (κ3) is 3.31. The van der Waals surface area contributed by atoms with Crippen molar-refractivity contribution >= 4 is 0 Å². The lowest BCUT2D eigenvalue weighted by molar-refractivity contribution is 0.0571. The van der Waals surface area contributed by atoms with Gasteiger partial charge in [0.25, 0.3) is 0 Å². The van der Waals surface area contributed by atoms with E-state index >= 15 is 0 Å². The maximum Gasteiger partial charge on any atom is 0.122 e. The Morgan fingerprint density at radius 1 is 0.950 bits per heavy atom. The molecule has 2 aromatic rings. The summed E-state index contributed by atoms with van der Waals surface area (Å²) in [7, 11) is 3.20. The van der Waals surface area contributed by atoms with E-state index in [0.29, 0.717) is 17.9 Å². The molecule has 2 aromatic carbocycles. The molecule has 0 amide bonds. The molecule has 0 bridgehead atoms. The van der Waals surface area contributed by atoms with Gasteiger partial charge in [-0.05, 0) is 30.2 Å². The second-order valence-corrected chi connectivity index (χ2v) is 5.04. The summed E-state index contributed by atoms with van der Waals surface area (Å²) in [6.45, 7) is 1.80. The Morgan fingerprint density at radius 3 is 2.00 bits per heavy atom. The van der Waals surface area contributed by atoms with Crippen LogP contribution in [0, 0.1) is 0 Å². The van der Waals surface area contributed by atoms with Gasteiger partial charge in [0, 0.05) is 12.5 Å². The lowest BCUT2D eigenvalue weighted by Crippen LogP contribution is -2.24. The van der Waals surface area contributed by atoms with Gasteiger partial charge in [-0.15, -0.1) is 0 Å². The first kappa shape index (κ1) is 14.4. The Morgan fingerprint density at radius 2 is 1.50 bits per heavy atom. The standard InChI is InChI=1S/C17H20O3/c1-17(18,12-13-7-5-4-6-8-13)14-9-15(19-2)11-16(10-14)20-3/h4-11,18H,12H2,1-3H3. The van der Waals surface area contributed by atoms with Crippen molar-refractivity contribution in [2.24, 2.45) is 0 Å². The summed E-state index contributed by atoms with van der Waals surface area (Å²) < 4.78 is 10.5. The normalized spacial score (nSPS) is 13.6. The highest BCUT2D eigenvalue weighted by Gasteiger charge is 2.25. The van der Waals surface area contributed by atoms with Crippen molar-refractivity contribution in [2.75, 3.05) is 14.2 Å². The molecule has 0 heterocycles. The molecule has 1 unspecified atom stereocenters. The Hall–Kier alpha value is -2.00. The van der Waals surface area contributed by atoms with Gasteiger partial charge in [-0.2, -0.15) is 0 Å². The van der Waals surface area contributed by atoms with E-state index in [1.54, 1.807) is 27.2 Å². The molecular weight excluding hydrogens is 252 g/mol. The highest BCUT2D eigenvalue weighted by Crippen LogP contribution is 2.32. The van der Waals surface area contributed by atoms with Crippen LogP contribution < -0.4 is 9.47 Å². The molecule has 20 heavy (non-hydrogen) atoms. The average Bonchev–Trinajstić information content (AvgIpc) is 2.47. The van der Waals surface area contributed by atoms with Crippen LogP contribution >= 0.6 is 0 Å². The second kappa shape index (κ2) is 5.97. The van der Waals surface area contributed by atoms with E-state index in [-0.39, 0.29) is 0 Å². The van der Waals surface area contributed by atoms with Crippen molar-refractivity contribution in [1.82, 2.24) is 0 Å². The lowest BCUT2D eigenvalue weighted by Gasteiger charge is -2.25. The van der Waals surface area contributed by atoms with Crippen LogP contribution in [-0.2, 0) is 12.0 Å². The van der Waals surface area contributed by atoms with Gasteiger partial charge in [0.2, 0.25) is 0 Å². The fourth-order valence-electron chi connectivity index (χ4n) is 2.21. The molecule has 0 saturated carbocycles. The number of hydrogen-bond donors (Lipinski definition) is 1. The van der Waals surface area contributed by atoms with E-state index in [1.165, 1.54) is 0 Å². The number of hydrogen-bond acceptors (Lipinski definition) is 3. The minimum absolute atomic E-state index is 0.532.